The average Bonchev–Trinajstić information content (AvgIpc) is 2.82. The first-order valence-corrected chi connectivity index (χ1v) is 13.2. The Balaban J connectivity index is 2.29. The summed E-state index contributed by atoms with van der Waals surface area (Å²) in [6.07, 6.45) is 6.78. The number of nitriles is 1. The standard InChI is InChI=1S/C25H48N6O3/c1-4-6-18-7-5-8-19(9-11-26)17-31(2,3)21(15-18)23(24(27)28)25(33)30-20-16-29-12-10-22(20)34-14-13-32/h18-24,29,32H,4-10,12-17,27-28H2,1-3H3/p+1. The van der Waals surface area contributed by atoms with Crippen LogP contribution in [0, 0.1) is 29.1 Å². The molecule has 2 aliphatic rings. The molecule has 0 spiro atoms. The molecule has 6 atom stereocenters. The van der Waals surface area contributed by atoms with E-state index in [0.29, 0.717) is 29.3 Å². The molecule has 2 aliphatic heterocycles. The van der Waals surface area contributed by atoms with Gasteiger partial charge in [0.25, 0.3) is 0 Å². The minimum Gasteiger partial charge on any atom is -0.394 e. The quantitative estimate of drug-likeness (QED) is 0.228. The van der Waals surface area contributed by atoms with Crippen LogP contribution in [0.2, 0.25) is 0 Å². The monoisotopic (exact) mass is 481 g/mol. The van der Waals surface area contributed by atoms with E-state index in [0.717, 1.165) is 58.0 Å². The van der Waals surface area contributed by atoms with E-state index in [9.17, 15) is 15.2 Å². The van der Waals surface area contributed by atoms with Crippen molar-refractivity contribution in [1.82, 2.24) is 10.6 Å². The van der Waals surface area contributed by atoms with Gasteiger partial charge in [0.1, 0.15) is 12.0 Å². The smallest absolute Gasteiger partial charge is 0.232 e. The second-order valence-corrected chi connectivity index (χ2v) is 10.9. The third kappa shape index (κ3) is 8.43. The van der Waals surface area contributed by atoms with Gasteiger partial charge in [-0.15, -0.1) is 0 Å². The number of nitrogens with two attached hydrogens (primary N) is 2. The van der Waals surface area contributed by atoms with Crippen molar-refractivity contribution in [3.8, 4) is 6.07 Å². The number of ether oxygens (including phenoxy) is 1. The summed E-state index contributed by atoms with van der Waals surface area (Å²) in [7, 11) is 4.34. The van der Waals surface area contributed by atoms with Gasteiger partial charge in [-0.2, -0.15) is 5.26 Å². The zero-order chi connectivity index (χ0) is 25.1. The van der Waals surface area contributed by atoms with Crippen LogP contribution in [-0.4, -0.2) is 86.8 Å². The van der Waals surface area contributed by atoms with Crippen LogP contribution in [-0.2, 0) is 9.53 Å². The molecular weight excluding hydrogens is 432 g/mol. The lowest BCUT2D eigenvalue weighted by atomic mass is 9.82. The van der Waals surface area contributed by atoms with E-state index in [2.05, 4.69) is 37.7 Å². The summed E-state index contributed by atoms with van der Waals surface area (Å²) in [5, 5.41) is 25.1. The predicted octanol–water partition coefficient (Wildman–Crippen LogP) is 0.667. The molecule has 1 amide bonds. The van der Waals surface area contributed by atoms with Gasteiger partial charge in [0.2, 0.25) is 5.91 Å². The summed E-state index contributed by atoms with van der Waals surface area (Å²) in [4.78, 5) is 13.7. The molecule has 0 saturated carbocycles. The van der Waals surface area contributed by atoms with Crippen LogP contribution in [0.25, 0.3) is 0 Å². The summed E-state index contributed by atoms with van der Waals surface area (Å²) in [5.41, 5.74) is 12.7. The van der Waals surface area contributed by atoms with Crippen LogP contribution in [0.5, 0.6) is 0 Å². The van der Waals surface area contributed by atoms with Crippen LogP contribution in [0.4, 0.5) is 0 Å². The van der Waals surface area contributed by atoms with Crippen molar-refractivity contribution >= 4 is 5.91 Å². The minimum absolute atomic E-state index is 0.0378. The second-order valence-electron chi connectivity index (χ2n) is 10.9. The van der Waals surface area contributed by atoms with Crippen LogP contribution in [0.1, 0.15) is 58.3 Å². The molecule has 196 valence electrons. The predicted molar refractivity (Wildman–Crippen MR) is 133 cm³/mol. The van der Waals surface area contributed by atoms with E-state index in [1.54, 1.807) is 0 Å². The fourth-order valence-corrected chi connectivity index (χ4v) is 6.15. The number of hydrogen-bond acceptors (Lipinski definition) is 7. The van der Waals surface area contributed by atoms with Gasteiger partial charge in [-0.1, -0.05) is 32.6 Å². The Morgan fingerprint density at radius 2 is 2.03 bits per heavy atom. The Bertz CT molecular complexity index is 653. The van der Waals surface area contributed by atoms with Gasteiger partial charge in [-0.25, -0.2) is 0 Å². The van der Waals surface area contributed by atoms with E-state index in [-0.39, 0.29) is 37.3 Å². The van der Waals surface area contributed by atoms with Gasteiger partial charge in [0.15, 0.2) is 0 Å². The van der Waals surface area contributed by atoms with Crippen molar-refractivity contribution in [3.63, 3.8) is 0 Å². The van der Waals surface area contributed by atoms with Crippen molar-refractivity contribution < 1.29 is 19.1 Å². The van der Waals surface area contributed by atoms with E-state index >= 15 is 0 Å². The average molecular weight is 482 g/mol. The number of carbonyl (C=O) groups is 1. The molecule has 2 rings (SSSR count). The summed E-state index contributed by atoms with van der Waals surface area (Å²) < 4.78 is 6.44. The highest BCUT2D eigenvalue weighted by molar-refractivity contribution is 5.80. The first kappa shape index (κ1) is 29.0. The summed E-state index contributed by atoms with van der Waals surface area (Å²) >= 11 is 0. The van der Waals surface area contributed by atoms with E-state index in [1.807, 2.05) is 0 Å². The number of nitrogens with zero attached hydrogens (tertiary/aromatic N) is 2. The summed E-state index contributed by atoms with van der Waals surface area (Å²) in [6, 6.07) is 2.13. The van der Waals surface area contributed by atoms with E-state index < -0.39 is 12.1 Å². The maximum Gasteiger partial charge on any atom is 0.232 e. The topological polar surface area (TPSA) is 146 Å². The molecule has 0 aromatic rings. The molecule has 34 heavy (non-hydrogen) atoms. The lowest BCUT2D eigenvalue weighted by Gasteiger charge is -2.45. The molecule has 0 aromatic heterocycles. The fraction of sp³-hybridized carbons (Fsp3) is 0.920. The van der Waals surface area contributed by atoms with Gasteiger partial charge in [0, 0.05) is 25.3 Å². The molecule has 0 bridgehead atoms. The fourth-order valence-electron chi connectivity index (χ4n) is 6.15. The lowest BCUT2D eigenvalue weighted by molar-refractivity contribution is -0.921. The molecule has 9 nitrogen and oxygen atoms in total. The minimum atomic E-state index is -0.784. The Morgan fingerprint density at radius 1 is 1.29 bits per heavy atom. The molecule has 0 aliphatic carbocycles. The van der Waals surface area contributed by atoms with Crippen LogP contribution < -0.4 is 22.1 Å². The second kappa shape index (κ2) is 14.3. The lowest BCUT2D eigenvalue weighted by Crippen LogP contribution is -2.65. The maximum atomic E-state index is 13.7. The highest BCUT2D eigenvalue weighted by Gasteiger charge is 2.45. The van der Waals surface area contributed by atoms with Crippen molar-refractivity contribution in [1.29, 1.82) is 5.26 Å². The molecule has 0 aromatic carbocycles. The highest BCUT2D eigenvalue weighted by Crippen LogP contribution is 2.34. The number of carbonyl (C=O) groups excluding carboxylic acids is 1. The van der Waals surface area contributed by atoms with Crippen LogP contribution >= 0.6 is 0 Å². The number of piperidine rings is 1. The molecule has 7 N–H and O–H groups in total. The van der Waals surface area contributed by atoms with Gasteiger partial charge in [0.05, 0.1) is 58.2 Å². The number of aliphatic hydroxyl groups is 1. The van der Waals surface area contributed by atoms with Gasteiger partial charge >= 0.3 is 0 Å². The number of amides is 1. The van der Waals surface area contributed by atoms with Crippen LogP contribution in [0.15, 0.2) is 0 Å². The molecule has 9 heteroatoms. The Morgan fingerprint density at radius 3 is 2.68 bits per heavy atom. The van der Waals surface area contributed by atoms with Crippen LogP contribution in [0.3, 0.4) is 0 Å². The molecule has 2 heterocycles. The molecule has 2 fully saturated rings. The van der Waals surface area contributed by atoms with E-state index in [1.165, 1.54) is 0 Å². The van der Waals surface area contributed by atoms with Crippen molar-refractivity contribution in [2.24, 2.45) is 29.2 Å². The normalized spacial score (nSPS) is 31.1. The number of hydrogen-bond donors (Lipinski definition) is 5. The molecular formula is C25H49N6O3+. The third-order valence-electron chi connectivity index (χ3n) is 7.80. The molecule has 6 unspecified atom stereocenters. The highest BCUT2D eigenvalue weighted by atomic mass is 16.5. The molecule has 0 radical (unpaired) electrons. The SMILES string of the molecule is CCCC1CCCC(CC#N)C[N+](C)(C)C(C(C(=O)NC2CNCCC2OCCO)C(N)N)C1. The number of aliphatic hydroxyl groups excluding tert-OH is 1. The maximum absolute atomic E-state index is 13.7. The number of rotatable bonds is 10. The van der Waals surface area contributed by atoms with Gasteiger partial charge < -0.3 is 36.4 Å². The largest absolute Gasteiger partial charge is 0.394 e. The van der Waals surface area contributed by atoms with Crippen molar-refractivity contribution in [2.75, 3.05) is 46.9 Å². The number of nitrogens with one attached hydrogen (secondary N) is 2. The number of quaternary nitrogens is 1. The summed E-state index contributed by atoms with van der Waals surface area (Å²) in [6.45, 7) is 4.68. The summed E-state index contributed by atoms with van der Waals surface area (Å²) in [5.74, 6) is 0.151. The zero-order valence-corrected chi connectivity index (χ0v) is 21.5. The van der Waals surface area contributed by atoms with Crippen molar-refractivity contribution in [3.05, 3.63) is 0 Å². The van der Waals surface area contributed by atoms with Crippen molar-refractivity contribution in [2.45, 2.75) is 82.6 Å². The van der Waals surface area contributed by atoms with Gasteiger partial charge in [-0.3, -0.25) is 4.79 Å². The first-order valence-electron chi connectivity index (χ1n) is 13.2. The Labute approximate surface area is 206 Å². The Hall–Kier alpha value is -1.28. The zero-order valence-electron chi connectivity index (χ0n) is 21.5. The van der Waals surface area contributed by atoms with Gasteiger partial charge in [-0.05, 0) is 25.3 Å². The Kier molecular flexibility index (Phi) is 12.2. The van der Waals surface area contributed by atoms with E-state index in [4.69, 9.17) is 16.2 Å². The molecule has 2 saturated heterocycles. The first-order chi connectivity index (χ1) is 16.2. The third-order valence-corrected chi connectivity index (χ3v) is 7.80.